The van der Waals surface area contributed by atoms with Gasteiger partial charge in [0.05, 0.1) is 5.56 Å². The molecule has 106 valence electrons. The van der Waals surface area contributed by atoms with Crippen molar-refractivity contribution in [3.63, 3.8) is 0 Å². The Morgan fingerprint density at radius 2 is 2.10 bits per heavy atom. The van der Waals surface area contributed by atoms with E-state index in [1.54, 1.807) is 6.92 Å². The summed E-state index contributed by atoms with van der Waals surface area (Å²) in [5, 5.41) is 8.91. The standard InChI is InChI=1S/C15H10FNO4/c1-8-6-10(3-4-11(8)16)20-15-17-12-5-2-9(14(18)19)7-13(12)21-15/h2-7H,1H3,(H,18,19). The Labute approximate surface area is 118 Å². The second kappa shape index (κ2) is 4.90. The maximum Gasteiger partial charge on any atom is 0.400 e. The van der Waals surface area contributed by atoms with Crippen molar-refractivity contribution in [1.82, 2.24) is 4.98 Å². The molecule has 0 aliphatic rings. The van der Waals surface area contributed by atoms with Crippen LogP contribution in [-0.4, -0.2) is 16.1 Å². The number of carbonyl (C=O) groups is 1. The van der Waals surface area contributed by atoms with Crippen LogP contribution in [0, 0.1) is 12.7 Å². The van der Waals surface area contributed by atoms with Gasteiger partial charge in [-0.05, 0) is 48.9 Å². The van der Waals surface area contributed by atoms with Crippen LogP contribution in [0.2, 0.25) is 0 Å². The van der Waals surface area contributed by atoms with Crippen LogP contribution in [0.1, 0.15) is 15.9 Å². The van der Waals surface area contributed by atoms with Gasteiger partial charge >= 0.3 is 12.0 Å². The summed E-state index contributed by atoms with van der Waals surface area (Å²) in [5.74, 6) is -0.991. The van der Waals surface area contributed by atoms with Crippen LogP contribution in [-0.2, 0) is 0 Å². The molecule has 0 spiro atoms. The molecule has 0 fully saturated rings. The molecule has 3 rings (SSSR count). The minimum absolute atomic E-state index is 0.0291. The van der Waals surface area contributed by atoms with Crippen molar-refractivity contribution in [2.45, 2.75) is 6.92 Å². The van der Waals surface area contributed by atoms with Crippen LogP contribution in [0.15, 0.2) is 40.8 Å². The Bertz CT molecular complexity index is 841. The van der Waals surface area contributed by atoms with Crippen molar-refractivity contribution < 1.29 is 23.4 Å². The third-order valence-electron chi connectivity index (χ3n) is 2.95. The number of oxazole rings is 1. The number of nitrogens with zero attached hydrogens (tertiary/aromatic N) is 1. The van der Waals surface area contributed by atoms with E-state index in [-0.39, 0.29) is 17.5 Å². The second-order valence-corrected chi connectivity index (χ2v) is 4.48. The average Bonchev–Trinajstić information content (AvgIpc) is 2.84. The van der Waals surface area contributed by atoms with Gasteiger partial charge in [-0.3, -0.25) is 0 Å². The highest BCUT2D eigenvalue weighted by Crippen LogP contribution is 2.27. The van der Waals surface area contributed by atoms with Gasteiger partial charge in [0.2, 0.25) is 0 Å². The maximum atomic E-state index is 13.2. The largest absolute Gasteiger partial charge is 0.478 e. The molecule has 0 unspecified atom stereocenters. The molecule has 1 aromatic heterocycles. The molecule has 0 amide bonds. The lowest BCUT2D eigenvalue weighted by Crippen LogP contribution is -1.94. The van der Waals surface area contributed by atoms with E-state index < -0.39 is 5.97 Å². The number of halogens is 1. The fourth-order valence-corrected chi connectivity index (χ4v) is 1.86. The Morgan fingerprint density at radius 1 is 1.29 bits per heavy atom. The smallest absolute Gasteiger partial charge is 0.400 e. The Kier molecular flexibility index (Phi) is 3.06. The molecule has 5 nitrogen and oxygen atoms in total. The quantitative estimate of drug-likeness (QED) is 0.793. The van der Waals surface area contributed by atoms with Crippen LogP contribution in [0.3, 0.4) is 0 Å². The van der Waals surface area contributed by atoms with Gasteiger partial charge in [0.15, 0.2) is 5.58 Å². The summed E-state index contributed by atoms with van der Waals surface area (Å²) in [5.41, 5.74) is 1.33. The molecule has 6 heteroatoms. The van der Waals surface area contributed by atoms with Crippen LogP contribution in [0.5, 0.6) is 11.8 Å². The van der Waals surface area contributed by atoms with Crippen molar-refractivity contribution in [3.05, 3.63) is 53.3 Å². The summed E-state index contributed by atoms with van der Waals surface area (Å²) >= 11 is 0. The number of aryl methyl sites for hydroxylation is 1. The number of fused-ring (bicyclic) bond motifs is 1. The van der Waals surface area contributed by atoms with Gasteiger partial charge in [-0.15, -0.1) is 0 Å². The topological polar surface area (TPSA) is 72.6 Å². The summed E-state index contributed by atoms with van der Waals surface area (Å²) in [6.45, 7) is 1.62. The number of carboxylic acid groups (broad SMARTS) is 1. The first kappa shape index (κ1) is 13.1. The third kappa shape index (κ3) is 2.55. The van der Waals surface area contributed by atoms with Gasteiger partial charge in [0.1, 0.15) is 17.1 Å². The average molecular weight is 287 g/mol. The van der Waals surface area contributed by atoms with E-state index in [1.807, 2.05) is 0 Å². The van der Waals surface area contributed by atoms with E-state index in [1.165, 1.54) is 36.4 Å². The van der Waals surface area contributed by atoms with Crippen LogP contribution in [0.4, 0.5) is 4.39 Å². The molecule has 0 saturated carbocycles. The Hall–Kier alpha value is -2.89. The first-order chi connectivity index (χ1) is 10.0. The van der Waals surface area contributed by atoms with Crippen molar-refractivity contribution in [2.24, 2.45) is 0 Å². The first-order valence-electron chi connectivity index (χ1n) is 6.11. The van der Waals surface area contributed by atoms with Crippen LogP contribution < -0.4 is 4.74 Å². The molecular weight excluding hydrogens is 277 g/mol. The maximum absolute atomic E-state index is 13.2. The Balaban J connectivity index is 1.93. The monoisotopic (exact) mass is 287 g/mol. The summed E-state index contributed by atoms with van der Waals surface area (Å²) in [6, 6.07) is 8.60. The van der Waals surface area contributed by atoms with Gasteiger partial charge in [-0.25, -0.2) is 9.18 Å². The zero-order valence-electron chi connectivity index (χ0n) is 11.0. The van der Waals surface area contributed by atoms with Gasteiger partial charge < -0.3 is 14.3 Å². The number of rotatable bonds is 3. The Morgan fingerprint density at radius 3 is 2.81 bits per heavy atom. The van der Waals surface area contributed by atoms with E-state index in [0.29, 0.717) is 22.4 Å². The van der Waals surface area contributed by atoms with E-state index >= 15 is 0 Å². The number of carboxylic acids is 1. The molecule has 2 aromatic carbocycles. The summed E-state index contributed by atoms with van der Waals surface area (Å²) < 4.78 is 23.9. The molecule has 0 aliphatic carbocycles. The lowest BCUT2D eigenvalue weighted by atomic mass is 10.2. The van der Waals surface area contributed by atoms with Gasteiger partial charge in [0.25, 0.3) is 0 Å². The van der Waals surface area contributed by atoms with Crippen molar-refractivity contribution in [2.75, 3.05) is 0 Å². The molecule has 0 atom stereocenters. The zero-order chi connectivity index (χ0) is 15.0. The first-order valence-corrected chi connectivity index (χ1v) is 6.11. The zero-order valence-corrected chi connectivity index (χ0v) is 11.0. The third-order valence-corrected chi connectivity index (χ3v) is 2.95. The highest BCUT2D eigenvalue weighted by atomic mass is 19.1. The molecule has 0 bridgehead atoms. The van der Waals surface area contributed by atoms with Crippen molar-refractivity contribution in [1.29, 1.82) is 0 Å². The molecule has 1 heterocycles. The molecule has 3 aromatic rings. The summed E-state index contributed by atoms with van der Waals surface area (Å²) in [4.78, 5) is 15.0. The fraction of sp³-hybridized carbons (Fsp3) is 0.0667. The summed E-state index contributed by atoms with van der Waals surface area (Å²) in [7, 11) is 0. The fourth-order valence-electron chi connectivity index (χ4n) is 1.86. The molecule has 1 N–H and O–H groups in total. The predicted molar refractivity (Wildman–Crippen MR) is 72.2 cm³/mol. The number of benzene rings is 2. The minimum Gasteiger partial charge on any atom is -0.478 e. The van der Waals surface area contributed by atoms with E-state index in [4.69, 9.17) is 14.3 Å². The van der Waals surface area contributed by atoms with Gasteiger partial charge in [0, 0.05) is 0 Å². The number of hydrogen-bond donors (Lipinski definition) is 1. The highest BCUT2D eigenvalue weighted by Gasteiger charge is 2.11. The number of ether oxygens (including phenoxy) is 1. The molecular formula is C15H10FNO4. The van der Waals surface area contributed by atoms with E-state index in [9.17, 15) is 9.18 Å². The van der Waals surface area contributed by atoms with Crippen molar-refractivity contribution in [3.8, 4) is 11.8 Å². The van der Waals surface area contributed by atoms with Gasteiger partial charge in [-0.1, -0.05) is 0 Å². The lowest BCUT2D eigenvalue weighted by molar-refractivity contribution is 0.0697. The van der Waals surface area contributed by atoms with E-state index in [2.05, 4.69) is 4.98 Å². The predicted octanol–water partition coefficient (Wildman–Crippen LogP) is 3.77. The molecule has 21 heavy (non-hydrogen) atoms. The lowest BCUT2D eigenvalue weighted by Gasteiger charge is -2.02. The molecule has 0 aliphatic heterocycles. The SMILES string of the molecule is Cc1cc(Oc2nc3ccc(C(=O)O)cc3o2)ccc1F. The highest BCUT2D eigenvalue weighted by molar-refractivity contribution is 5.91. The molecule has 0 radical (unpaired) electrons. The second-order valence-electron chi connectivity index (χ2n) is 4.48. The summed E-state index contributed by atoms with van der Waals surface area (Å²) in [6.07, 6.45) is -0.0291. The van der Waals surface area contributed by atoms with E-state index in [0.717, 1.165) is 0 Å². The van der Waals surface area contributed by atoms with Crippen molar-refractivity contribution >= 4 is 17.1 Å². The minimum atomic E-state index is -1.05. The molecule has 0 saturated heterocycles. The van der Waals surface area contributed by atoms with Gasteiger partial charge in [-0.2, -0.15) is 4.98 Å². The number of hydrogen-bond acceptors (Lipinski definition) is 4. The normalized spacial score (nSPS) is 10.8. The van der Waals surface area contributed by atoms with Crippen LogP contribution >= 0.6 is 0 Å². The number of aromatic carboxylic acids is 1. The number of aromatic nitrogens is 1. The van der Waals surface area contributed by atoms with Crippen LogP contribution in [0.25, 0.3) is 11.1 Å².